The Morgan fingerprint density at radius 3 is 2.67 bits per heavy atom. The Morgan fingerprint density at radius 1 is 1.39 bits per heavy atom. The highest BCUT2D eigenvalue weighted by atomic mass is 79.9. The van der Waals surface area contributed by atoms with Crippen molar-refractivity contribution in [3.05, 3.63) is 34.9 Å². The van der Waals surface area contributed by atoms with Crippen LogP contribution in [0, 0.1) is 0 Å². The molecule has 96 valence electrons. The highest BCUT2D eigenvalue weighted by Gasteiger charge is 2.18. The van der Waals surface area contributed by atoms with Gasteiger partial charge >= 0.3 is 0 Å². The molecule has 0 bridgehead atoms. The molecule has 0 unspecified atom stereocenters. The zero-order valence-corrected chi connectivity index (χ0v) is 11.9. The van der Waals surface area contributed by atoms with Gasteiger partial charge in [-0.1, -0.05) is 0 Å². The number of hydrogen-bond acceptors (Lipinski definition) is 4. The van der Waals surface area contributed by atoms with Crippen LogP contribution in [0.5, 0.6) is 0 Å². The van der Waals surface area contributed by atoms with Gasteiger partial charge in [-0.15, -0.1) is 0 Å². The van der Waals surface area contributed by atoms with Crippen molar-refractivity contribution in [2.45, 2.75) is 4.90 Å². The maximum atomic E-state index is 12.1. The van der Waals surface area contributed by atoms with Crippen LogP contribution in [-0.4, -0.2) is 18.2 Å². The van der Waals surface area contributed by atoms with Gasteiger partial charge in [0.05, 0.1) is 0 Å². The second-order valence-electron chi connectivity index (χ2n) is 3.67. The van der Waals surface area contributed by atoms with E-state index in [2.05, 4.69) is 25.8 Å². The van der Waals surface area contributed by atoms with Crippen LogP contribution in [-0.2, 0) is 17.1 Å². The van der Waals surface area contributed by atoms with Gasteiger partial charge in [0.25, 0.3) is 10.0 Å². The molecule has 0 amide bonds. The van der Waals surface area contributed by atoms with Gasteiger partial charge in [-0.05, 0) is 34.1 Å². The number of sulfonamides is 1. The van der Waals surface area contributed by atoms with E-state index in [1.807, 2.05) is 0 Å². The first-order chi connectivity index (χ1) is 8.38. The number of nitrogens with two attached hydrogens (primary N) is 1. The summed E-state index contributed by atoms with van der Waals surface area (Å²) in [5, 5.41) is 3.95. The smallest absolute Gasteiger partial charge is 0.264 e. The topological polar surface area (TPSA) is 90.0 Å². The minimum atomic E-state index is -3.68. The lowest BCUT2D eigenvalue weighted by atomic mass is 10.3. The molecule has 1 aromatic heterocycles. The Labute approximate surface area is 113 Å². The van der Waals surface area contributed by atoms with Gasteiger partial charge in [0, 0.05) is 29.5 Å². The minimum absolute atomic E-state index is 0.113. The van der Waals surface area contributed by atoms with Gasteiger partial charge in [-0.25, -0.2) is 8.42 Å². The number of hydrogen-bond donors (Lipinski definition) is 2. The van der Waals surface area contributed by atoms with Crippen LogP contribution in [0.2, 0.25) is 0 Å². The van der Waals surface area contributed by atoms with Crippen molar-refractivity contribution in [3.63, 3.8) is 0 Å². The zero-order chi connectivity index (χ0) is 13.3. The van der Waals surface area contributed by atoms with Crippen molar-refractivity contribution >= 4 is 37.5 Å². The van der Waals surface area contributed by atoms with E-state index in [4.69, 9.17) is 5.73 Å². The van der Waals surface area contributed by atoms with Gasteiger partial charge in [-0.2, -0.15) is 5.10 Å². The van der Waals surface area contributed by atoms with Crippen molar-refractivity contribution < 1.29 is 8.42 Å². The molecule has 0 aliphatic carbocycles. The third-order valence-electron chi connectivity index (χ3n) is 2.20. The van der Waals surface area contributed by atoms with Crippen LogP contribution < -0.4 is 10.5 Å². The number of nitrogens with zero attached hydrogens (tertiary/aromatic N) is 2. The fraction of sp³-hybridized carbons (Fsp3) is 0.100. The number of aryl methyl sites for hydroxylation is 1. The van der Waals surface area contributed by atoms with Crippen molar-refractivity contribution in [2.24, 2.45) is 7.05 Å². The summed E-state index contributed by atoms with van der Waals surface area (Å²) in [6, 6.07) is 6.07. The van der Waals surface area contributed by atoms with E-state index < -0.39 is 10.0 Å². The Bertz CT molecular complexity index is 681. The molecule has 0 spiro atoms. The van der Waals surface area contributed by atoms with Crippen LogP contribution in [0.4, 0.5) is 11.5 Å². The Hall–Kier alpha value is -1.54. The molecule has 0 saturated heterocycles. The zero-order valence-electron chi connectivity index (χ0n) is 9.46. The quantitative estimate of drug-likeness (QED) is 0.836. The maximum absolute atomic E-state index is 12.1. The number of nitrogen functional groups attached to an aromatic ring is 1. The van der Waals surface area contributed by atoms with Gasteiger partial charge in [0.1, 0.15) is 4.90 Å². The van der Waals surface area contributed by atoms with Crippen LogP contribution in [0.1, 0.15) is 0 Å². The predicted molar refractivity (Wildman–Crippen MR) is 72.6 cm³/mol. The fourth-order valence-corrected chi connectivity index (χ4v) is 3.49. The van der Waals surface area contributed by atoms with E-state index in [0.717, 1.165) is 0 Å². The molecule has 0 fully saturated rings. The number of rotatable bonds is 3. The number of aromatic nitrogens is 2. The highest BCUT2D eigenvalue weighted by molar-refractivity contribution is 9.10. The monoisotopic (exact) mass is 330 g/mol. The molecule has 3 N–H and O–H groups in total. The average molecular weight is 331 g/mol. The van der Waals surface area contributed by atoms with Gasteiger partial charge < -0.3 is 5.73 Å². The SMILES string of the molecule is Cn1ccc(NS(=O)(=O)c2ccc(N)cc2Br)n1. The van der Waals surface area contributed by atoms with E-state index in [1.165, 1.54) is 22.9 Å². The van der Waals surface area contributed by atoms with E-state index in [-0.39, 0.29) is 10.7 Å². The molecular weight excluding hydrogens is 320 g/mol. The fourth-order valence-electron chi connectivity index (χ4n) is 1.40. The highest BCUT2D eigenvalue weighted by Crippen LogP contribution is 2.25. The van der Waals surface area contributed by atoms with Crippen molar-refractivity contribution in [1.82, 2.24) is 9.78 Å². The van der Waals surface area contributed by atoms with E-state index in [9.17, 15) is 8.42 Å². The van der Waals surface area contributed by atoms with Crippen LogP contribution in [0.3, 0.4) is 0 Å². The summed E-state index contributed by atoms with van der Waals surface area (Å²) >= 11 is 3.18. The summed E-state index contributed by atoms with van der Waals surface area (Å²) in [6.07, 6.45) is 1.65. The summed E-state index contributed by atoms with van der Waals surface area (Å²) in [6.45, 7) is 0. The number of nitrogens with one attached hydrogen (secondary N) is 1. The Balaban J connectivity index is 2.36. The first-order valence-electron chi connectivity index (χ1n) is 4.96. The molecule has 6 nitrogen and oxygen atoms in total. The molecule has 18 heavy (non-hydrogen) atoms. The molecule has 0 atom stereocenters. The lowest BCUT2D eigenvalue weighted by Crippen LogP contribution is -2.14. The van der Waals surface area contributed by atoms with Crippen molar-refractivity contribution in [1.29, 1.82) is 0 Å². The molecule has 1 heterocycles. The normalized spacial score (nSPS) is 11.4. The summed E-state index contributed by atoms with van der Waals surface area (Å²) in [7, 11) is -1.97. The first-order valence-corrected chi connectivity index (χ1v) is 7.23. The summed E-state index contributed by atoms with van der Waals surface area (Å²) in [5.41, 5.74) is 6.05. The lowest BCUT2D eigenvalue weighted by Gasteiger charge is -2.07. The van der Waals surface area contributed by atoms with Crippen LogP contribution in [0.15, 0.2) is 39.8 Å². The van der Waals surface area contributed by atoms with Gasteiger partial charge in [-0.3, -0.25) is 9.40 Å². The van der Waals surface area contributed by atoms with E-state index in [0.29, 0.717) is 10.2 Å². The maximum Gasteiger partial charge on any atom is 0.264 e. The molecule has 2 aromatic rings. The second kappa shape index (κ2) is 4.62. The van der Waals surface area contributed by atoms with Crippen LogP contribution >= 0.6 is 15.9 Å². The molecule has 0 aliphatic rings. The average Bonchev–Trinajstić information content (AvgIpc) is 2.62. The van der Waals surface area contributed by atoms with Crippen molar-refractivity contribution in [2.75, 3.05) is 10.5 Å². The number of anilines is 2. The van der Waals surface area contributed by atoms with Gasteiger partial charge in [0.2, 0.25) is 0 Å². The molecule has 0 saturated carbocycles. The number of benzene rings is 1. The van der Waals surface area contributed by atoms with Crippen LogP contribution in [0.25, 0.3) is 0 Å². The Kier molecular flexibility index (Phi) is 3.31. The number of halogens is 1. The lowest BCUT2D eigenvalue weighted by molar-refractivity contribution is 0.600. The third-order valence-corrected chi connectivity index (χ3v) is 4.53. The molecule has 0 radical (unpaired) electrons. The Morgan fingerprint density at radius 2 is 2.11 bits per heavy atom. The molecule has 1 aromatic carbocycles. The van der Waals surface area contributed by atoms with Gasteiger partial charge in [0.15, 0.2) is 5.82 Å². The molecule has 8 heteroatoms. The molecule has 2 rings (SSSR count). The van der Waals surface area contributed by atoms with E-state index >= 15 is 0 Å². The summed E-state index contributed by atoms with van der Waals surface area (Å²) in [4.78, 5) is 0.113. The molecule has 0 aliphatic heterocycles. The second-order valence-corrected chi connectivity index (χ2v) is 6.18. The third kappa shape index (κ3) is 2.65. The first kappa shape index (κ1) is 12.9. The standard InChI is InChI=1S/C10H11BrN4O2S/c1-15-5-4-10(13-15)14-18(16,17)9-3-2-7(12)6-8(9)11/h2-6H,12H2,1H3,(H,13,14). The predicted octanol–water partition coefficient (Wildman–Crippen LogP) is 1.57. The largest absolute Gasteiger partial charge is 0.399 e. The summed E-state index contributed by atoms with van der Waals surface area (Å²) in [5.74, 6) is 0.265. The van der Waals surface area contributed by atoms with E-state index in [1.54, 1.807) is 19.3 Å². The summed E-state index contributed by atoms with van der Waals surface area (Å²) < 4.78 is 28.5. The molecular formula is C10H11BrN4O2S. The van der Waals surface area contributed by atoms with Crippen molar-refractivity contribution in [3.8, 4) is 0 Å². The minimum Gasteiger partial charge on any atom is -0.399 e.